The first-order valence-electron chi connectivity index (χ1n) is 14.7. The smallest absolute Gasteiger partial charge is 0.277 e. The minimum Gasteiger partial charge on any atom is -0.324 e. The summed E-state index contributed by atoms with van der Waals surface area (Å²) in [6.45, 7) is 1.02. The molecule has 3 amide bonds. The van der Waals surface area contributed by atoms with Crippen LogP contribution in [0, 0.1) is 17.7 Å². The molecular weight excluding hydrogens is 606 g/mol. The Morgan fingerprint density at radius 2 is 1.84 bits per heavy atom. The number of amides is 3. The molecule has 8 nitrogen and oxygen atoms in total. The van der Waals surface area contributed by atoms with Gasteiger partial charge in [0.15, 0.2) is 0 Å². The topological polar surface area (TPSA) is 82.2 Å². The van der Waals surface area contributed by atoms with Crippen molar-refractivity contribution >= 4 is 52.3 Å². The van der Waals surface area contributed by atoms with Crippen molar-refractivity contribution in [3.63, 3.8) is 0 Å². The van der Waals surface area contributed by atoms with Gasteiger partial charge in [-0.25, -0.2) is 9.45 Å². The number of nitrogens with zero attached hydrogens (tertiary/aromatic N) is 3. The summed E-state index contributed by atoms with van der Waals surface area (Å²) in [7, 11) is 2.93. The first-order chi connectivity index (χ1) is 21.2. The van der Waals surface area contributed by atoms with E-state index in [-0.39, 0.29) is 34.3 Å². The van der Waals surface area contributed by atoms with Gasteiger partial charge in [-0.15, -0.1) is 0 Å². The molecule has 11 heteroatoms. The molecule has 7 rings (SSSR count). The van der Waals surface area contributed by atoms with Crippen LogP contribution in [0.5, 0.6) is 0 Å². The number of halogens is 3. The van der Waals surface area contributed by atoms with Crippen molar-refractivity contribution in [2.24, 2.45) is 11.8 Å². The van der Waals surface area contributed by atoms with E-state index in [1.165, 1.54) is 20.2 Å². The van der Waals surface area contributed by atoms with Crippen molar-refractivity contribution in [2.45, 2.75) is 36.8 Å². The van der Waals surface area contributed by atoms with Crippen molar-refractivity contribution in [3.05, 3.63) is 93.2 Å². The van der Waals surface area contributed by atoms with Gasteiger partial charge in [-0.3, -0.25) is 24.1 Å². The first-order valence-corrected chi connectivity index (χ1v) is 15.5. The van der Waals surface area contributed by atoms with Gasteiger partial charge >= 0.3 is 0 Å². The van der Waals surface area contributed by atoms with Crippen LogP contribution in [0.2, 0.25) is 10.0 Å². The van der Waals surface area contributed by atoms with Gasteiger partial charge in [0.05, 0.1) is 18.1 Å². The standard InChI is InChI=1S/C33H31Cl2FN4O4/c1-38(44-2)30(41)19-8-11-21(12-9-19)39-15-14-26-27(31(39)42)28(22-4-3-5-24(35)29(22)36)33(40(26)17-18-6-7-18)23-13-10-20(34)16-25(23)37-32(33)43/h3-5,8-13,16,18,26-28H,6-7,14-15,17H2,1-2H3,(H,37,43)/t26?,27-,28+,33-/m1/s1. The molecule has 4 atom stereocenters. The van der Waals surface area contributed by atoms with Crippen LogP contribution in [0.4, 0.5) is 15.8 Å². The maximum Gasteiger partial charge on any atom is 0.277 e. The lowest BCUT2D eigenvalue weighted by Crippen LogP contribution is -2.54. The van der Waals surface area contributed by atoms with Crippen LogP contribution >= 0.6 is 23.2 Å². The maximum absolute atomic E-state index is 16.1. The lowest BCUT2D eigenvalue weighted by molar-refractivity contribution is -0.128. The number of fused-ring (bicyclic) bond motifs is 3. The number of nitrogens with one attached hydrogen (secondary N) is 1. The number of piperidine rings is 1. The third-order valence-electron chi connectivity index (χ3n) is 9.72. The summed E-state index contributed by atoms with van der Waals surface area (Å²) in [5.74, 6) is -2.66. The number of carbonyl (C=O) groups is 3. The molecule has 3 aliphatic heterocycles. The first kappa shape index (κ1) is 29.2. The highest BCUT2D eigenvalue weighted by Gasteiger charge is 2.70. The quantitative estimate of drug-likeness (QED) is 0.344. The molecule has 3 fully saturated rings. The summed E-state index contributed by atoms with van der Waals surface area (Å²) >= 11 is 12.7. The van der Waals surface area contributed by atoms with Crippen LogP contribution in [-0.4, -0.2) is 61.0 Å². The summed E-state index contributed by atoms with van der Waals surface area (Å²) in [6.07, 6.45) is 2.66. The van der Waals surface area contributed by atoms with Crippen molar-refractivity contribution in [2.75, 3.05) is 37.5 Å². The Hall–Kier alpha value is -3.50. The third kappa shape index (κ3) is 4.35. The Labute approximate surface area is 264 Å². The number of benzene rings is 3. The monoisotopic (exact) mass is 636 g/mol. The second kappa shape index (κ2) is 10.8. The Balaban J connectivity index is 1.37. The van der Waals surface area contributed by atoms with Gasteiger partial charge in [0.25, 0.3) is 5.91 Å². The second-order valence-corrected chi connectivity index (χ2v) is 12.9. The zero-order valence-corrected chi connectivity index (χ0v) is 25.7. The number of carbonyl (C=O) groups excluding carboxylic acids is 3. The van der Waals surface area contributed by atoms with E-state index in [1.54, 1.807) is 53.4 Å². The van der Waals surface area contributed by atoms with Crippen LogP contribution in [0.15, 0.2) is 60.7 Å². The molecule has 1 aliphatic carbocycles. The molecule has 0 bridgehead atoms. The largest absolute Gasteiger partial charge is 0.324 e. The molecule has 1 saturated carbocycles. The summed E-state index contributed by atoms with van der Waals surface area (Å²) in [5.41, 5.74) is 1.19. The zero-order valence-electron chi connectivity index (χ0n) is 24.2. The van der Waals surface area contributed by atoms with E-state index < -0.39 is 23.2 Å². The van der Waals surface area contributed by atoms with Crippen molar-refractivity contribution in [3.8, 4) is 0 Å². The van der Waals surface area contributed by atoms with E-state index in [9.17, 15) is 14.4 Å². The molecule has 1 N–H and O–H groups in total. The SMILES string of the molecule is CON(C)C(=O)c1ccc(N2CCC3[C@@H](C2=O)[C@H](c2cccc(Cl)c2F)[C@]2(C(=O)Nc4cc(Cl)ccc42)N3CC2CC2)cc1. The van der Waals surface area contributed by atoms with Crippen molar-refractivity contribution in [1.82, 2.24) is 9.96 Å². The van der Waals surface area contributed by atoms with E-state index in [4.69, 9.17) is 28.0 Å². The second-order valence-electron chi connectivity index (χ2n) is 12.0. The Kier molecular flexibility index (Phi) is 7.20. The van der Waals surface area contributed by atoms with Gasteiger partial charge in [0.2, 0.25) is 11.8 Å². The molecule has 0 radical (unpaired) electrons. The average Bonchev–Trinajstić information content (AvgIpc) is 3.74. The van der Waals surface area contributed by atoms with Crippen LogP contribution < -0.4 is 10.2 Å². The predicted octanol–water partition coefficient (Wildman–Crippen LogP) is 5.84. The summed E-state index contributed by atoms with van der Waals surface area (Å²) in [5, 5.41) is 4.57. The van der Waals surface area contributed by atoms with Crippen LogP contribution in [0.3, 0.4) is 0 Å². The van der Waals surface area contributed by atoms with E-state index in [2.05, 4.69) is 10.2 Å². The molecule has 1 unspecified atom stereocenters. The predicted molar refractivity (Wildman–Crippen MR) is 165 cm³/mol. The highest BCUT2D eigenvalue weighted by molar-refractivity contribution is 6.31. The number of rotatable bonds is 6. The van der Waals surface area contributed by atoms with E-state index >= 15 is 4.39 Å². The zero-order chi connectivity index (χ0) is 30.9. The minimum atomic E-state index is -1.34. The van der Waals surface area contributed by atoms with Crippen LogP contribution in [0.1, 0.15) is 46.7 Å². The van der Waals surface area contributed by atoms with E-state index in [0.29, 0.717) is 53.0 Å². The average molecular weight is 638 g/mol. The lowest BCUT2D eigenvalue weighted by atomic mass is 9.70. The molecule has 4 aliphatic rings. The Morgan fingerprint density at radius 3 is 2.55 bits per heavy atom. The summed E-state index contributed by atoms with van der Waals surface area (Å²) < 4.78 is 16.1. The van der Waals surface area contributed by atoms with Gasteiger partial charge in [0, 0.05) is 59.6 Å². The molecule has 44 heavy (non-hydrogen) atoms. The van der Waals surface area contributed by atoms with Gasteiger partial charge in [-0.1, -0.05) is 41.4 Å². The molecule has 3 aromatic carbocycles. The summed E-state index contributed by atoms with van der Waals surface area (Å²) in [6, 6.07) is 16.5. The number of hydrogen-bond acceptors (Lipinski definition) is 5. The van der Waals surface area contributed by atoms with Crippen molar-refractivity contribution < 1.29 is 23.6 Å². The molecular formula is C33H31Cl2FN4O4. The minimum absolute atomic E-state index is 0.0639. The maximum atomic E-state index is 16.1. The van der Waals surface area contributed by atoms with Gasteiger partial charge in [-0.2, -0.15) is 0 Å². The van der Waals surface area contributed by atoms with Crippen LogP contribution in [0.25, 0.3) is 0 Å². The molecule has 228 valence electrons. The van der Waals surface area contributed by atoms with Gasteiger partial charge in [-0.05, 0) is 73.2 Å². The molecule has 1 spiro atoms. The normalized spacial score (nSPS) is 26.1. The van der Waals surface area contributed by atoms with Gasteiger partial charge < -0.3 is 10.2 Å². The van der Waals surface area contributed by atoms with Gasteiger partial charge in [0.1, 0.15) is 11.4 Å². The van der Waals surface area contributed by atoms with Crippen molar-refractivity contribution in [1.29, 1.82) is 0 Å². The molecule has 2 saturated heterocycles. The summed E-state index contributed by atoms with van der Waals surface area (Å²) in [4.78, 5) is 50.6. The lowest BCUT2D eigenvalue weighted by Gasteiger charge is -2.40. The highest BCUT2D eigenvalue weighted by atomic mass is 35.5. The number of hydrogen-bond donors (Lipinski definition) is 1. The fourth-order valence-electron chi connectivity index (χ4n) is 7.54. The van der Waals surface area contributed by atoms with E-state index in [1.807, 2.05) is 6.07 Å². The Morgan fingerprint density at radius 1 is 1.09 bits per heavy atom. The fourth-order valence-corrected chi connectivity index (χ4v) is 7.89. The number of likely N-dealkylation sites (tertiary alicyclic amines) is 1. The molecule has 3 aromatic rings. The Bertz CT molecular complexity index is 1680. The molecule has 3 heterocycles. The third-order valence-corrected chi connectivity index (χ3v) is 10.2. The number of hydroxylamine groups is 2. The highest BCUT2D eigenvalue weighted by Crippen LogP contribution is 2.62. The number of anilines is 2. The molecule has 0 aromatic heterocycles. The van der Waals surface area contributed by atoms with E-state index in [0.717, 1.165) is 17.9 Å². The van der Waals surface area contributed by atoms with Crippen LogP contribution in [-0.2, 0) is 20.0 Å². The fraction of sp³-hybridized carbons (Fsp3) is 0.364.